The Bertz CT molecular complexity index is 3080. The van der Waals surface area contributed by atoms with E-state index in [0.29, 0.717) is 22.4 Å². The molecule has 0 unspecified atom stereocenters. The summed E-state index contributed by atoms with van der Waals surface area (Å²) in [4.78, 5) is 9.44. The van der Waals surface area contributed by atoms with Gasteiger partial charge in [-0.3, -0.25) is 9.55 Å². The van der Waals surface area contributed by atoms with E-state index in [0.717, 1.165) is 33.3 Å². The van der Waals surface area contributed by atoms with Gasteiger partial charge in [-0.2, -0.15) is 8.78 Å². The molecule has 0 atom stereocenters. The zero-order valence-electron chi connectivity index (χ0n) is 40.2. The molecule has 0 saturated carbocycles. The molecule has 1 aliphatic heterocycles. The number of alkyl halides is 2. The van der Waals surface area contributed by atoms with E-state index in [-0.39, 0.29) is 56.5 Å². The van der Waals surface area contributed by atoms with Crippen molar-refractivity contribution in [2.75, 3.05) is 0 Å². The maximum Gasteiger partial charge on any atom is 0.503 e. The highest BCUT2D eigenvalue weighted by molar-refractivity contribution is 6.07. The van der Waals surface area contributed by atoms with E-state index in [2.05, 4.69) is 68.3 Å². The van der Waals surface area contributed by atoms with Crippen LogP contribution in [0, 0.1) is 0 Å². The average molecular weight is 792 g/mol. The molecule has 300 valence electrons. The maximum absolute atomic E-state index is 17.7. The van der Waals surface area contributed by atoms with Crippen LogP contribution >= 0.6 is 0 Å². The molecule has 8 rings (SSSR count). The Morgan fingerprint density at radius 3 is 1.83 bits per heavy atom. The van der Waals surface area contributed by atoms with Crippen molar-refractivity contribution in [1.29, 1.82) is 0 Å². The number of benzene rings is 4. The first-order valence-corrected chi connectivity index (χ1v) is 20.2. The van der Waals surface area contributed by atoms with Crippen molar-refractivity contribution < 1.29 is 14.3 Å². The van der Waals surface area contributed by atoms with Gasteiger partial charge in [0.15, 0.2) is 0 Å². The Morgan fingerprint density at radius 1 is 0.593 bits per heavy atom. The van der Waals surface area contributed by atoms with Gasteiger partial charge in [-0.25, -0.2) is 4.98 Å². The predicted octanol–water partition coefficient (Wildman–Crippen LogP) is 13.8. The number of halogens is 2. The van der Waals surface area contributed by atoms with Gasteiger partial charge in [0.25, 0.3) is 17.3 Å². The molecule has 59 heavy (non-hydrogen) atoms. The lowest BCUT2D eigenvalue weighted by atomic mass is 9.78. The van der Waals surface area contributed by atoms with Gasteiger partial charge in [-0.1, -0.05) is 132 Å². The van der Waals surface area contributed by atoms with E-state index in [1.54, 1.807) is 10.8 Å². The molecule has 0 aliphatic carbocycles. The van der Waals surface area contributed by atoms with Gasteiger partial charge >= 0.3 is 6.01 Å². The summed E-state index contributed by atoms with van der Waals surface area (Å²) >= 11 is 0. The highest BCUT2D eigenvalue weighted by atomic mass is 19.3. The summed E-state index contributed by atoms with van der Waals surface area (Å²) in [6, 6.07) is 26.1. The second kappa shape index (κ2) is 13.6. The molecule has 1 aliphatic rings. The average Bonchev–Trinajstić information content (AvgIpc) is 3.77. The fourth-order valence-corrected chi connectivity index (χ4v) is 7.94. The molecule has 0 bridgehead atoms. The fourth-order valence-electron chi connectivity index (χ4n) is 7.94. The quantitative estimate of drug-likeness (QED) is 0.163. The van der Waals surface area contributed by atoms with Crippen LogP contribution in [0.3, 0.4) is 0 Å². The third kappa shape index (κ3) is 6.99. The smallest absolute Gasteiger partial charge is 0.292 e. The number of pyridine rings is 2. The highest BCUT2D eigenvalue weighted by Crippen LogP contribution is 2.46. The van der Waals surface area contributed by atoms with Crippen molar-refractivity contribution in [1.82, 2.24) is 23.7 Å². The Kier molecular flexibility index (Phi) is 8.14. The summed E-state index contributed by atoms with van der Waals surface area (Å²) < 4.78 is 76.7. The second-order valence-corrected chi connectivity index (χ2v) is 19.9. The molecule has 0 spiro atoms. The molecule has 4 heterocycles. The minimum atomic E-state index is -3.57. The van der Waals surface area contributed by atoms with Crippen molar-refractivity contribution >= 4 is 50.7 Å². The molecule has 7 aromatic rings. The van der Waals surface area contributed by atoms with Crippen LogP contribution in [0.4, 0.5) is 31.5 Å². The van der Waals surface area contributed by atoms with Crippen molar-refractivity contribution in [3.63, 3.8) is 0 Å². The zero-order chi connectivity index (χ0) is 45.9. The van der Waals surface area contributed by atoms with Crippen LogP contribution in [0.15, 0.2) is 115 Å². The lowest BCUT2D eigenvalue weighted by molar-refractivity contribution is 0.0425. The monoisotopic (exact) mass is 791 g/mol. The fraction of sp³-hybridized carbons (Fsp3) is 0.327. The van der Waals surface area contributed by atoms with Crippen LogP contribution in [0.2, 0.25) is 0 Å². The first kappa shape index (κ1) is 35.2. The lowest BCUT2D eigenvalue weighted by Gasteiger charge is -2.25. The number of fused-ring (bicyclic) bond motifs is 4. The number of aromatic nitrogens is 3. The number of nitrogens with zero attached hydrogens (tertiary/aromatic N) is 5. The molecule has 0 amide bonds. The first-order valence-electron chi connectivity index (χ1n) is 22.2. The number of hydrogen-bond donors (Lipinski definition) is 0. The minimum absolute atomic E-state index is 0.127. The van der Waals surface area contributed by atoms with Crippen LogP contribution < -0.4 is 9.15 Å². The SMILES string of the molecule is [2H]c1c([2H])c([2H])c2c(c1[2H])[N+](c1cc(C(C)(C)C)cc(C(F)(F)c3cnc4c5ccccc5n(-c5cc(C(C)(C)C)ccn5)c4c3)c1)=C=[N+]2c1c(C(C)(C)C)cccc1C(C)(C)C. The van der Waals surface area contributed by atoms with Crippen LogP contribution in [-0.2, 0) is 27.6 Å². The Labute approximate surface area is 353 Å². The third-order valence-electron chi connectivity index (χ3n) is 11.3. The van der Waals surface area contributed by atoms with Gasteiger partial charge in [0.05, 0.1) is 22.0 Å². The van der Waals surface area contributed by atoms with E-state index >= 15 is 8.78 Å². The van der Waals surface area contributed by atoms with Gasteiger partial charge in [0.2, 0.25) is 11.4 Å². The second-order valence-electron chi connectivity index (χ2n) is 19.9. The third-order valence-corrected chi connectivity index (χ3v) is 11.3. The van der Waals surface area contributed by atoms with Gasteiger partial charge in [0, 0.05) is 64.3 Å². The van der Waals surface area contributed by atoms with E-state index in [1.807, 2.05) is 86.0 Å². The van der Waals surface area contributed by atoms with Crippen LogP contribution in [-0.4, -0.2) is 20.5 Å². The van der Waals surface area contributed by atoms with Crippen LogP contribution in [0.1, 0.15) is 122 Å². The van der Waals surface area contributed by atoms with E-state index < -0.39 is 23.4 Å². The van der Waals surface area contributed by atoms with Crippen LogP contribution in [0.5, 0.6) is 0 Å². The number of hydrogen-bond acceptors (Lipinski definition) is 2. The topological polar surface area (TPSA) is 36.7 Å². The lowest BCUT2D eigenvalue weighted by Crippen LogP contribution is -2.22. The summed E-state index contributed by atoms with van der Waals surface area (Å²) in [6.07, 6.45) is 3.00. The van der Waals surface area contributed by atoms with Crippen molar-refractivity contribution in [2.45, 2.75) is 111 Å². The molecule has 4 aromatic carbocycles. The van der Waals surface area contributed by atoms with Crippen molar-refractivity contribution in [2.24, 2.45) is 0 Å². The van der Waals surface area contributed by atoms with E-state index in [9.17, 15) is 2.74 Å². The molecular formula is C52H55F2N5+2. The number of para-hydroxylation sites is 4. The normalized spacial score (nSPS) is 14.8. The van der Waals surface area contributed by atoms with E-state index in [1.165, 1.54) is 29.0 Å². The van der Waals surface area contributed by atoms with E-state index in [4.69, 9.17) is 12.7 Å². The molecule has 7 heteroatoms. The molecule has 0 N–H and O–H groups in total. The zero-order valence-corrected chi connectivity index (χ0v) is 36.2. The molecule has 0 saturated heterocycles. The maximum atomic E-state index is 17.7. The van der Waals surface area contributed by atoms with Gasteiger partial charge in [-0.15, -0.1) is 0 Å². The minimum Gasteiger partial charge on any atom is -0.292 e. The van der Waals surface area contributed by atoms with Crippen molar-refractivity contribution in [3.05, 3.63) is 149 Å². The summed E-state index contributed by atoms with van der Waals surface area (Å²) in [5, 5.41) is 0.817. The standard InChI is InChI=1S/C52H55F2N5/c1-48(2,3)33-24-25-55-45(30-33)59-41-21-14-13-18-38(41)46-44(59)29-36(31-56-46)52(53,54)35-26-34(49(4,5)6)27-37(28-35)57-32-58(43-23-16-15-22-42(43)57)47-39(50(7,8)9)19-17-20-40(47)51(10,11)12/h13-31H,1-12H3/q+2/i15D,16D,22D,23D. The molecule has 0 radical (unpaired) electrons. The summed E-state index contributed by atoms with van der Waals surface area (Å²) in [7, 11) is 0. The molecule has 0 fully saturated rings. The summed E-state index contributed by atoms with van der Waals surface area (Å²) in [6.45, 7) is 24.8. The van der Waals surface area contributed by atoms with Gasteiger partial charge < -0.3 is 0 Å². The van der Waals surface area contributed by atoms with Gasteiger partial charge in [-0.05, 0) is 72.3 Å². The molecule has 5 nitrogen and oxygen atoms in total. The first-order chi connectivity index (χ1) is 29.2. The molecule has 3 aromatic heterocycles. The Morgan fingerprint density at radius 2 is 1.20 bits per heavy atom. The summed E-state index contributed by atoms with van der Waals surface area (Å²) in [5.74, 6) is -2.97. The number of rotatable bonds is 5. The Hall–Kier alpha value is -5.78. The summed E-state index contributed by atoms with van der Waals surface area (Å²) in [5.41, 5.74) is 4.60. The van der Waals surface area contributed by atoms with Crippen LogP contribution in [0.25, 0.3) is 27.8 Å². The predicted molar refractivity (Wildman–Crippen MR) is 241 cm³/mol. The Balaban J connectivity index is 1.41. The largest absolute Gasteiger partial charge is 0.503 e. The van der Waals surface area contributed by atoms with Gasteiger partial charge in [0.1, 0.15) is 5.82 Å². The van der Waals surface area contributed by atoms with Crippen molar-refractivity contribution in [3.8, 4) is 5.82 Å². The highest BCUT2D eigenvalue weighted by Gasteiger charge is 2.44. The molecular weight excluding hydrogens is 733 g/mol.